The smallest absolute Gasteiger partial charge is 0.322 e. The highest BCUT2D eigenvalue weighted by molar-refractivity contribution is 6.06. The zero-order valence-electron chi connectivity index (χ0n) is 18.3. The molecule has 0 radical (unpaired) electrons. The van der Waals surface area contributed by atoms with Gasteiger partial charge in [-0.15, -0.1) is 0 Å². The highest BCUT2D eigenvalue weighted by Crippen LogP contribution is 2.24. The number of carbonyl (C=O) groups excluding carboxylic acids is 2. The predicted molar refractivity (Wildman–Crippen MR) is 129 cm³/mol. The van der Waals surface area contributed by atoms with E-state index in [0.29, 0.717) is 33.3 Å². The van der Waals surface area contributed by atoms with Gasteiger partial charge >= 0.3 is 5.97 Å². The van der Waals surface area contributed by atoms with Crippen LogP contribution >= 0.6 is 0 Å². The van der Waals surface area contributed by atoms with E-state index in [9.17, 15) is 14.4 Å². The third kappa shape index (κ3) is 5.47. The van der Waals surface area contributed by atoms with Crippen molar-refractivity contribution < 1.29 is 19.5 Å². The zero-order valence-corrected chi connectivity index (χ0v) is 18.3. The number of carbonyl (C=O) groups is 3. The fourth-order valence-corrected chi connectivity index (χ4v) is 3.31. The summed E-state index contributed by atoms with van der Waals surface area (Å²) in [4.78, 5) is 43.4. The van der Waals surface area contributed by atoms with Gasteiger partial charge in [-0.05, 0) is 48.5 Å². The van der Waals surface area contributed by atoms with Gasteiger partial charge in [0.15, 0.2) is 0 Å². The van der Waals surface area contributed by atoms with Crippen molar-refractivity contribution in [1.29, 1.82) is 0 Å². The molecule has 2 aromatic carbocycles. The van der Waals surface area contributed by atoms with Crippen LogP contribution in [0.15, 0.2) is 73.1 Å². The molecule has 172 valence electrons. The molecule has 0 aliphatic rings. The normalized spacial score (nSPS) is 10.2. The number of fused-ring (bicyclic) bond motifs is 1. The van der Waals surface area contributed by atoms with Crippen LogP contribution in [-0.2, 0) is 4.79 Å². The number of hydrogen-bond acceptors (Lipinski definition) is 6. The maximum absolute atomic E-state index is 12.2. The molecule has 0 spiro atoms. The van der Waals surface area contributed by atoms with E-state index < -0.39 is 24.3 Å². The van der Waals surface area contributed by atoms with Crippen molar-refractivity contribution in [3.63, 3.8) is 0 Å². The van der Waals surface area contributed by atoms with Crippen molar-refractivity contribution in [2.24, 2.45) is 5.84 Å². The third-order valence-corrected chi connectivity index (χ3v) is 5.07. The minimum atomic E-state index is -1.11. The molecule has 4 rings (SSSR count). The molecule has 0 unspecified atom stereocenters. The lowest BCUT2D eigenvalue weighted by atomic mass is 10.0. The average molecular weight is 465 g/mol. The van der Waals surface area contributed by atoms with Crippen LogP contribution in [-0.4, -0.2) is 39.4 Å². The lowest BCUT2D eigenvalue weighted by Gasteiger charge is -2.08. The first-order valence-corrected chi connectivity index (χ1v) is 10.4. The Morgan fingerprint density at radius 2 is 1.57 bits per heavy atom. The number of carboxylic acids is 1. The van der Waals surface area contributed by atoms with Gasteiger partial charge in [-0.1, -0.05) is 24.0 Å². The molecule has 35 heavy (non-hydrogen) atoms. The molecule has 0 saturated heterocycles. The molecule has 5 N–H and O–H groups in total. The number of aromatic nitrogens is 2. The van der Waals surface area contributed by atoms with Crippen molar-refractivity contribution in [1.82, 2.24) is 20.7 Å². The number of nitrogens with two attached hydrogens (primary N) is 1. The summed E-state index contributed by atoms with van der Waals surface area (Å²) in [6.07, 6.45) is 3.18. The fourth-order valence-electron chi connectivity index (χ4n) is 3.31. The van der Waals surface area contributed by atoms with Gasteiger partial charge in [-0.25, -0.2) is 10.8 Å². The van der Waals surface area contributed by atoms with E-state index in [-0.39, 0.29) is 0 Å². The summed E-state index contributed by atoms with van der Waals surface area (Å²) in [5.41, 5.74) is 6.39. The maximum atomic E-state index is 12.2. The van der Waals surface area contributed by atoms with E-state index in [0.717, 1.165) is 11.1 Å². The number of benzene rings is 2. The lowest BCUT2D eigenvalue weighted by molar-refractivity contribution is -0.135. The largest absolute Gasteiger partial charge is 0.480 e. The molecule has 2 heterocycles. The van der Waals surface area contributed by atoms with Gasteiger partial charge in [0, 0.05) is 40.0 Å². The monoisotopic (exact) mass is 465 g/mol. The molecule has 9 nitrogen and oxygen atoms in total. The minimum absolute atomic E-state index is 0.350. The van der Waals surface area contributed by atoms with Crippen LogP contribution in [0.2, 0.25) is 0 Å². The number of carboxylic acid groups (broad SMARTS) is 1. The van der Waals surface area contributed by atoms with E-state index in [1.165, 1.54) is 0 Å². The van der Waals surface area contributed by atoms with E-state index in [4.69, 9.17) is 10.9 Å². The van der Waals surface area contributed by atoms with Gasteiger partial charge in [0.25, 0.3) is 11.8 Å². The third-order valence-electron chi connectivity index (χ3n) is 5.07. The van der Waals surface area contributed by atoms with Gasteiger partial charge in [0.05, 0.1) is 16.8 Å². The summed E-state index contributed by atoms with van der Waals surface area (Å²) in [5.74, 6) is 9.42. The Labute approximate surface area is 200 Å². The first kappa shape index (κ1) is 23.1. The predicted octanol–water partition coefficient (Wildman–Crippen LogP) is 2.11. The van der Waals surface area contributed by atoms with Crippen molar-refractivity contribution in [2.45, 2.75) is 0 Å². The highest BCUT2D eigenvalue weighted by Gasteiger charge is 2.13. The van der Waals surface area contributed by atoms with Crippen LogP contribution in [0.5, 0.6) is 0 Å². The summed E-state index contributed by atoms with van der Waals surface area (Å²) in [5, 5.41) is 11.6. The number of nitrogen functional groups attached to an aromatic ring is 1. The summed E-state index contributed by atoms with van der Waals surface area (Å²) < 4.78 is 0. The quantitative estimate of drug-likeness (QED) is 0.153. The van der Waals surface area contributed by atoms with Crippen LogP contribution in [0.25, 0.3) is 22.2 Å². The number of pyridine rings is 2. The Hall–Kier alpha value is -5.07. The summed E-state index contributed by atoms with van der Waals surface area (Å²) in [6, 6.07) is 17.4. The number of amides is 2. The van der Waals surface area contributed by atoms with Gasteiger partial charge < -0.3 is 10.4 Å². The molecular weight excluding hydrogens is 446 g/mol. The first-order chi connectivity index (χ1) is 16.9. The average Bonchev–Trinajstić information content (AvgIpc) is 2.90. The highest BCUT2D eigenvalue weighted by atomic mass is 16.4. The van der Waals surface area contributed by atoms with Gasteiger partial charge in [-0.3, -0.25) is 24.8 Å². The Kier molecular flexibility index (Phi) is 6.76. The standard InChI is InChI=1S/C26H19N5O4/c27-31-26(35)20-13-23(30-22-11-12-28-14-21(20)22)18-7-3-16(4-8-18)1-2-17-5-9-19(10-6-17)25(34)29-15-24(32)33/h3-14H,15,27H2,(H,29,34)(H,31,35)(H,32,33). The van der Waals surface area contributed by atoms with E-state index in [1.807, 2.05) is 24.3 Å². The van der Waals surface area contributed by atoms with Crippen molar-refractivity contribution in [3.8, 4) is 23.1 Å². The minimum Gasteiger partial charge on any atom is -0.480 e. The molecule has 0 saturated carbocycles. The topological polar surface area (TPSA) is 147 Å². The molecule has 2 amide bonds. The number of nitrogens with one attached hydrogen (secondary N) is 2. The summed E-state index contributed by atoms with van der Waals surface area (Å²) in [6.45, 7) is -0.441. The Bertz CT molecular complexity index is 1490. The molecule has 9 heteroatoms. The van der Waals surface area contributed by atoms with Crippen LogP contribution in [0.3, 0.4) is 0 Å². The number of hydrazine groups is 1. The Morgan fingerprint density at radius 1 is 0.914 bits per heavy atom. The van der Waals surface area contributed by atoms with E-state index in [1.54, 1.807) is 48.8 Å². The zero-order chi connectivity index (χ0) is 24.8. The van der Waals surface area contributed by atoms with E-state index in [2.05, 4.69) is 32.6 Å². The second-order valence-electron chi connectivity index (χ2n) is 7.40. The van der Waals surface area contributed by atoms with Crippen LogP contribution in [0.1, 0.15) is 31.8 Å². The molecule has 2 aromatic heterocycles. The second kappa shape index (κ2) is 10.2. The molecule has 0 atom stereocenters. The Morgan fingerprint density at radius 3 is 2.20 bits per heavy atom. The Balaban J connectivity index is 1.53. The molecule has 0 fully saturated rings. The van der Waals surface area contributed by atoms with Crippen molar-refractivity contribution in [2.75, 3.05) is 6.54 Å². The number of nitrogens with zero attached hydrogens (tertiary/aromatic N) is 2. The number of hydrogen-bond donors (Lipinski definition) is 4. The van der Waals surface area contributed by atoms with Crippen LogP contribution in [0.4, 0.5) is 0 Å². The number of aliphatic carboxylic acids is 1. The number of rotatable bonds is 5. The lowest BCUT2D eigenvalue weighted by Crippen LogP contribution is -2.30. The molecular formula is C26H19N5O4. The van der Waals surface area contributed by atoms with Gasteiger partial charge in [0.1, 0.15) is 6.54 Å². The van der Waals surface area contributed by atoms with Crippen LogP contribution < -0.4 is 16.6 Å². The molecule has 0 aliphatic carbocycles. The summed E-state index contributed by atoms with van der Waals surface area (Å²) in [7, 11) is 0. The van der Waals surface area contributed by atoms with Crippen molar-refractivity contribution >= 4 is 28.7 Å². The second-order valence-corrected chi connectivity index (χ2v) is 7.40. The SMILES string of the molecule is NNC(=O)c1cc(-c2ccc(C#Cc3ccc(C(=O)NCC(=O)O)cc3)cc2)nc2ccncc12. The summed E-state index contributed by atoms with van der Waals surface area (Å²) >= 11 is 0. The fraction of sp³-hybridized carbons (Fsp3) is 0.0385. The van der Waals surface area contributed by atoms with Crippen molar-refractivity contribution in [3.05, 3.63) is 95.3 Å². The molecule has 0 bridgehead atoms. The molecule has 0 aliphatic heterocycles. The first-order valence-electron chi connectivity index (χ1n) is 10.4. The maximum Gasteiger partial charge on any atom is 0.322 e. The van der Waals surface area contributed by atoms with Gasteiger partial charge in [0.2, 0.25) is 0 Å². The molecule has 4 aromatic rings. The van der Waals surface area contributed by atoms with E-state index >= 15 is 0 Å². The van der Waals surface area contributed by atoms with Gasteiger partial charge in [-0.2, -0.15) is 0 Å². The van der Waals surface area contributed by atoms with Crippen LogP contribution in [0, 0.1) is 11.8 Å².